The number of carbonyl (C=O) groups excluding carboxylic acids is 1. The molecule has 1 aliphatic rings. The van der Waals surface area contributed by atoms with Crippen LogP contribution in [0.25, 0.3) is 0 Å². The second kappa shape index (κ2) is 9.19. The molecule has 5 heteroatoms. The molecule has 0 atom stereocenters. The number of para-hydroxylation sites is 1. The molecule has 1 aromatic heterocycles. The van der Waals surface area contributed by atoms with E-state index < -0.39 is 0 Å². The highest BCUT2D eigenvalue weighted by Crippen LogP contribution is 2.22. The van der Waals surface area contributed by atoms with Crippen LogP contribution in [-0.4, -0.2) is 48.0 Å². The van der Waals surface area contributed by atoms with Crippen LogP contribution in [0.15, 0.2) is 41.8 Å². The molecule has 4 nitrogen and oxygen atoms in total. The summed E-state index contributed by atoms with van der Waals surface area (Å²) in [5.41, 5.74) is 1.22. The van der Waals surface area contributed by atoms with E-state index in [9.17, 15) is 4.79 Å². The minimum Gasteiger partial charge on any atom is -0.491 e. The third-order valence-corrected chi connectivity index (χ3v) is 5.56. The molecular formula is C21H28N2O2S. The summed E-state index contributed by atoms with van der Waals surface area (Å²) < 4.78 is 5.92. The largest absolute Gasteiger partial charge is 0.491 e. The van der Waals surface area contributed by atoms with Gasteiger partial charge in [0.05, 0.1) is 6.10 Å². The van der Waals surface area contributed by atoms with Gasteiger partial charge < -0.3 is 9.64 Å². The van der Waals surface area contributed by atoms with Gasteiger partial charge in [-0.15, -0.1) is 11.3 Å². The minimum absolute atomic E-state index is 0.175. The molecule has 1 fully saturated rings. The summed E-state index contributed by atoms with van der Waals surface area (Å²) in [6, 6.07) is 12.4. The number of nitrogens with zero attached hydrogens (tertiary/aromatic N) is 2. The highest BCUT2D eigenvalue weighted by atomic mass is 32.1. The standard InChI is InChI=1S/C21H28N2O2S/c1-17(2)25-20-8-4-3-6-18(20)16-22-11-13-23(14-12-22)21(24)10-9-19-7-5-15-26-19/h3-8,15,17H,9-14,16H2,1-2H3. The molecule has 26 heavy (non-hydrogen) atoms. The molecule has 1 aliphatic heterocycles. The first-order valence-corrected chi connectivity index (χ1v) is 10.3. The van der Waals surface area contributed by atoms with Gasteiger partial charge >= 0.3 is 0 Å². The molecule has 2 heterocycles. The van der Waals surface area contributed by atoms with Crippen LogP contribution in [0.4, 0.5) is 0 Å². The molecule has 2 aromatic rings. The van der Waals surface area contributed by atoms with E-state index in [1.807, 2.05) is 23.1 Å². The van der Waals surface area contributed by atoms with Crippen LogP contribution < -0.4 is 4.74 Å². The molecule has 1 aromatic carbocycles. The van der Waals surface area contributed by atoms with Gasteiger partial charge in [-0.2, -0.15) is 0 Å². The smallest absolute Gasteiger partial charge is 0.223 e. The van der Waals surface area contributed by atoms with Crippen LogP contribution in [0, 0.1) is 0 Å². The lowest BCUT2D eigenvalue weighted by Crippen LogP contribution is -2.48. The number of aryl methyl sites for hydroxylation is 1. The first kappa shape index (κ1) is 18.9. The Balaban J connectivity index is 1.47. The molecule has 0 unspecified atom stereocenters. The molecule has 0 bridgehead atoms. The normalized spacial score (nSPS) is 15.4. The number of hydrogen-bond donors (Lipinski definition) is 0. The minimum atomic E-state index is 0.175. The van der Waals surface area contributed by atoms with Gasteiger partial charge in [0.1, 0.15) is 5.75 Å². The van der Waals surface area contributed by atoms with Gasteiger partial charge in [-0.1, -0.05) is 24.3 Å². The maximum atomic E-state index is 12.4. The van der Waals surface area contributed by atoms with Crippen LogP contribution in [0.3, 0.4) is 0 Å². The summed E-state index contributed by atoms with van der Waals surface area (Å²) in [4.78, 5) is 18.1. The summed E-state index contributed by atoms with van der Waals surface area (Å²) in [7, 11) is 0. The van der Waals surface area contributed by atoms with Gasteiger partial charge in [0.15, 0.2) is 0 Å². The fourth-order valence-corrected chi connectivity index (χ4v) is 3.95. The Labute approximate surface area is 160 Å². The van der Waals surface area contributed by atoms with Crippen molar-refractivity contribution in [2.75, 3.05) is 26.2 Å². The fourth-order valence-electron chi connectivity index (χ4n) is 3.24. The van der Waals surface area contributed by atoms with Crippen LogP contribution in [-0.2, 0) is 17.8 Å². The van der Waals surface area contributed by atoms with E-state index in [1.165, 1.54) is 10.4 Å². The van der Waals surface area contributed by atoms with Crippen molar-refractivity contribution in [1.29, 1.82) is 0 Å². The Kier molecular flexibility index (Phi) is 6.69. The van der Waals surface area contributed by atoms with Gasteiger partial charge in [-0.05, 0) is 37.8 Å². The maximum absolute atomic E-state index is 12.4. The zero-order chi connectivity index (χ0) is 18.4. The Morgan fingerprint density at radius 1 is 1.12 bits per heavy atom. The summed E-state index contributed by atoms with van der Waals surface area (Å²) >= 11 is 1.73. The average molecular weight is 373 g/mol. The van der Waals surface area contributed by atoms with Gasteiger partial charge in [0.25, 0.3) is 0 Å². The number of carbonyl (C=O) groups is 1. The molecule has 3 rings (SSSR count). The van der Waals surface area contributed by atoms with Crippen LogP contribution >= 0.6 is 11.3 Å². The lowest BCUT2D eigenvalue weighted by molar-refractivity contribution is -0.132. The van der Waals surface area contributed by atoms with Crippen LogP contribution in [0.5, 0.6) is 5.75 Å². The van der Waals surface area contributed by atoms with Crippen molar-refractivity contribution >= 4 is 17.2 Å². The van der Waals surface area contributed by atoms with E-state index in [0.717, 1.165) is 44.9 Å². The fraction of sp³-hybridized carbons (Fsp3) is 0.476. The number of benzene rings is 1. The molecule has 0 aliphatic carbocycles. The first-order valence-electron chi connectivity index (χ1n) is 9.39. The van der Waals surface area contributed by atoms with E-state index >= 15 is 0 Å². The van der Waals surface area contributed by atoms with E-state index in [1.54, 1.807) is 11.3 Å². The van der Waals surface area contributed by atoms with E-state index in [2.05, 4.69) is 42.3 Å². The summed E-state index contributed by atoms with van der Waals surface area (Å²) in [5, 5.41) is 2.07. The number of thiophene rings is 1. The number of hydrogen-bond acceptors (Lipinski definition) is 4. The maximum Gasteiger partial charge on any atom is 0.223 e. The zero-order valence-corrected chi connectivity index (χ0v) is 16.5. The molecular weight excluding hydrogens is 344 g/mol. The molecule has 140 valence electrons. The van der Waals surface area contributed by atoms with Crippen molar-refractivity contribution in [2.45, 2.75) is 39.3 Å². The number of amides is 1. The van der Waals surface area contributed by atoms with E-state index in [0.29, 0.717) is 6.42 Å². The molecule has 1 amide bonds. The second-order valence-electron chi connectivity index (χ2n) is 7.01. The topological polar surface area (TPSA) is 32.8 Å². The van der Waals surface area contributed by atoms with Gasteiger partial charge in [0.2, 0.25) is 5.91 Å². The summed E-state index contributed by atoms with van der Waals surface area (Å²) in [5.74, 6) is 1.25. The van der Waals surface area contributed by atoms with E-state index in [4.69, 9.17) is 4.74 Å². The predicted octanol–water partition coefficient (Wildman–Crippen LogP) is 3.81. The Morgan fingerprint density at radius 3 is 2.58 bits per heavy atom. The number of rotatable bonds is 7. The monoisotopic (exact) mass is 372 g/mol. The SMILES string of the molecule is CC(C)Oc1ccccc1CN1CCN(C(=O)CCc2cccs2)CC1. The Morgan fingerprint density at radius 2 is 1.88 bits per heavy atom. The predicted molar refractivity (Wildman–Crippen MR) is 107 cm³/mol. The van der Waals surface area contributed by atoms with E-state index in [-0.39, 0.29) is 12.0 Å². The number of piperazine rings is 1. The lowest BCUT2D eigenvalue weighted by atomic mass is 10.1. The first-order chi connectivity index (χ1) is 12.6. The highest BCUT2D eigenvalue weighted by Gasteiger charge is 2.21. The molecule has 0 radical (unpaired) electrons. The number of ether oxygens (including phenoxy) is 1. The van der Waals surface area contributed by atoms with Gasteiger partial charge in [0, 0.05) is 49.6 Å². The van der Waals surface area contributed by atoms with Crippen molar-refractivity contribution < 1.29 is 9.53 Å². The molecule has 0 saturated carbocycles. The third-order valence-electron chi connectivity index (χ3n) is 4.62. The second-order valence-corrected chi connectivity index (χ2v) is 8.04. The zero-order valence-electron chi connectivity index (χ0n) is 15.7. The Hall–Kier alpha value is -1.85. The highest BCUT2D eigenvalue weighted by molar-refractivity contribution is 7.09. The quantitative estimate of drug-likeness (QED) is 0.741. The van der Waals surface area contributed by atoms with Crippen LogP contribution in [0.2, 0.25) is 0 Å². The molecule has 0 N–H and O–H groups in total. The van der Waals surface area contributed by atoms with Crippen molar-refractivity contribution in [3.05, 3.63) is 52.2 Å². The lowest BCUT2D eigenvalue weighted by Gasteiger charge is -2.35. The van der Waals surface area contributed by atoms with Crippen molar-refractivity contribution in [1.82, 2.24) is 9.80 Å². The summed E-state index contributed by atoms with van der Waals surface area (Å²) in [6.45, 7) is 8.45. The van der Waals surface area contributed by atoms with Crippen LogP contribution in [0.1, 0.15) is 30.7 Å². The Bertz CT molecular complexity index is 692. The molecule has 0 spiro atoms. The van der Waals surface area contributed by atoms with Crippen molar-refractivity contribution in [3.8, 4) is 5.75 Å². The average Bonchev–Trinajstić information content (AvgIpc) is 3.15. The van der Waals surface area contributed by atoms with Gasteiger partial charge in [-0.25, -0.2) is 0 Å². The van der Waals surface area contributed by atoms with Crippen molar-refractivity contribution in [3.63, 3.8) is 0 Å². The van der Waals surface area contributed by atoms with Gasteiger partial charge in [-0.3, -0.25) is 9.69 Å². The van der Waals surface area contributed by atoms with Crippen molar-refractivity contribution in [2.24, 2.45) is 0 Å². The molecule has 1 saturated heterocycles. The third kappa shape index (κ3) is 5.32. The summed E-state index contributed by atoms with van der Waals surface area (Å²) in [6.07, 6.45) is 1.65.